The first-order chi connectivity index (χ1) is 12.6. The Hall–Kier alpha value is -2.61. The molecule has 2 aromatic rings. The number of fused-ring (bicyclic) bond motifs is 2. The molecule has 2 unspecified atom stereocenters. The van der Waals surface area contributed by atoms with Crippen LogP contribution in [0.4, 0.5) is 11.9 Å². The Labute approximate surface area is 152 Å². The molecule has 1 fully saturated rings. The van der Waals surface area contributed by atoms with E-state index in [1.165, 1.54) is 11.8 Å². The number of nitrogens with one attached hydrogen (secondary N) is 2. The van der Waals surface area contributed by atoms with E-state index in [2.05, 4.69) is 20.7 Å². The molecule has 8 nitrogen and oxygen atoms in total. The Morgan fingerprint density at radius 1 is 1.23 bits per heavy atom. The van der Waals surface area contributed by atoms with Crippen LogP contribution in [0.25, 0.3) is 0 Å². The summed E-state index contributed by atoms with van der Waals surface area (Å²) in [6, 6.07) is 5.23. The molecule has 1 aromatic carbocycles. The highest BCUT2D eigenvalue weighted by Gasteiger charge is 2.35. The Balaban J connectivity index is 1.40. The molecule has 1 aliphatic heterocycles. The number of hydrogen-bond donors (Lipinski definition) is 4. The van der Waals surface area contributed by atoms with Gasteiger partial charge in [0, 0.05) is 24.2 Å². The van der Waals surface area contributed by atoms with E-state index >= 15 is 0 Å². The van der Waals surface area contributed by atoms with Crippen LogP contribution in [0, 0.1) is 5.92 Å². The van der Waals surface area contributed by atoms with E-state index in [1.54, 1.807) is 6.07 Å². The monoisotopic (exact) mass is 356 g/mol. The zero-order valence-electron chi connectivity index (χ0n) is 14.8. The van der Waals surface area contributed by atoms with Gasteiger partial charge in [0.2, 0.25) is 11.9 Å². The molecule has 26 heavy (non-hydrogen) atoms. The molecule has 4 N–H and O–H groups in total. The fraction of sp³-hybridized carbons (Fsp3) is 0.500. The first-order valence-corrected chi connectivity index (χ1v) is 9.15. The largest absolute Gasteiger partial charge is 0.504 e. The van der Waals surface area contributed by atoms with E-state index in [0.29, 0.717) is 17.8 Å². The third-order valence-corrected chi connectivity index (χ3v) is 5.03. The summed E-state index contributed by atoms with van der Waals surface area (Å²) in [4.78, 5) is 9.23. The minimum absolute atomic E-state index is 0.0732. The molecule has 0 saturated heterocycles. The van der Waals surface area contributed by atoms with Crippen molar-refractivity contribution in [3.63, 3.8) is 0 Å². The molecule has 0 spiro atoms. The Morgan fingerprint density at radius 3 is 2.92 bits per heavy atom. The van der Waals surface area contributed by atoms with E-state index in [4.69, 9.17) is 4.99 Å². The number of rotatable bonds is 6. The molecule has 0 amide bonds. The number of nitrogens with zero attached hydrogens (tertiary/aromatic N) is 4. The zero-order valence-corrected chi connectivity index (χ0v) is 14.8. The first-order valence-electron chi connectivity index (χ1n) is 9.15. The van der Waals surface area contributed by atoms with E-state index in [1.807, 2.05) is 17.7 Å². The molecule has 2 aliphatic rings. The zero-order chi connectivity index (χ0) is 18.1. The van der Waals surface area contributed by atoms with Crippen LogP contribution in [0.1, 0.15) is 25.3 Å². The maximum Gasteiger partial charge on any atom is 0.249 e. The standard InChI is InChI=1S/C18H24N6O2/c1-2-19-17-22-18-21-16-12(10-24(18)23-17)4-5-13(16)20-8-7-11-3-6-14(25)15(26)9-11/h3,6,9,12-13,20,25-26H,2,4-5,7-8,10H2,1H3,(H,19,23). The van der Waals surface area contributed by atoms with Crippen molar-refractivity contribution in [1.29, 1.82) is 0 Å². The van der Waals surface area contributed by atoms with Gasteiger partial charge < -0.3 is 20.8 Å². The van der Waals surface area contributed by atoms with Gasteiger partial charge in [0.1, 0.15) is 0 Å². The number of anilines is 1. The molecular weight excluding hydrogens is 332 g/mol. The second-order valence-corrected chi connectivity index (χ2v) is 6.84. The Morgan fingerprint density at radius 2 is 2.12 bits per heavy atom. The van der Waals surface area contributed by atoms with Crippen LogP contribution in [-0.2, 0) is 13.0 Å². The third kappa shape index (κ3) is 3.24. The highest BCUT2D eigenvalue weighted by Crippen LogP contribution is 2.32. The molecule has 2 atom stereocenters. The molecule has 2 heterocycles. The van der Waals surface area contributed by atoms with Crippen LogP contribution in [-0.4, -0.2) is 49.8 Å². The van der Waals surface area contributed by atoms with E-state index in [9.17, 15) is 10.2 Å². The van der Waals surface area contributed by atoms with Crippen LogP contribution >= 0.6 is 0 Å². The lowest BCUT2D eigenvalue weighted by atomic mass is 10.0. The van der Waals surface area contributed by atoms with Gasteiger partial charge in [0.25, 0.3) is 0 Å². The average molecular weight is 356 g/mol. The smallest absolute Gasteiger partial charge is 0.249 e. The van der Waals surface area contributed by atoms with Crippen molar-refractivity contribution in [1.82, 2.24) is 20.1 Å². The number of benzene rings is 1. The van der Waals surface area contributed by atoms with E-state index in [-0.39, 0.29) is 17.5 Å². The Bertz CT molecular complexity index is 831. The first kappa shape index (κ1) is 16.8. The summed E-state index contributed by atoms with van der Waals surface area (Å²) in [6.45, 7) is 4.45. The van der Waals surface area contributed by atoms with Gasteiger partial charge in [0.15, 0.2) is 11.5 Å². The van der Waals surface area contributed by atoms with Crippen molar-refractivity contribution in [2.75, 3.05) is 18.4 Å². The summed E-state index contributed by atoms with van der Waals surface area (Å²) >= 11 is 0. The summed E-state index contributed by atoms with van der Waals surface area (Å²) in [6.07, 6.45) is 2.95. The van der Waals surface area contributed by atoms with Crippen LogP contribution in [0.3, 0.4) is 0 Å². The summed E-state index contributed by atoms with van der Waals surface area (Å²) in [5, 5.41) is 30.2. The van der Waals surface area contributed by atoms with Gasteiger partial charge in [-0.15, -0.1) is 5.10 Å². The predicted molar refractivity (Wildman–Crippen MR) is 99.3 cm³/mol. The highest BCUT2D eigenvalue weighted by molar-refractivity contribution is 5.95. The topological polar surface area (TPSA) is 108 Å². The van der Waals surface area contributed by atoms with Crippen molar-refractivity contribution in [2.45, 2.75) is 38.8 Å². The lowest BCUT2D eigenvalue weighted by Gasteiger charge is -2.20. The number of aromatic nitrogens is 3. The van der Waals surface area contributed by atoms with E-state index < -0.39 is 0 Å². The maximum atomic E-state index is 9.59. The number of phenols is 2. The molecule has 0 radical (unpaired) electrons. The van der Waals surface area contributed by atoms with Gasteiger partial charge in [-0.1, -0.05) is 6.07 Å². The summed E-state index contributed by atoms with van der Waals surface area (Å²) in [7, 11) is 0. The normalized spacial score (nSPS) is 21.2. The molecule has 0 bridgehead atoms. The molecule has 138 valence electrons. The summed E-state index contributed by atoms with van der Waals surface area (Å²) < 4.78 is 1.90. The quantitative estimate of drug-likeness (QED) is 0.588. The van der Waals surface area contributed by atoms with Crippen LogP contribution < -0.4 is 10.6 Å². The second kappa shape index (κ2) is 6.95. The third-order valence-electron chi connectivity index (χ3n) is 5.03. The molecule has 4 rings (SSSR count). The molecule has 1 saturated carbocycles. The number of aliphatic imine (C=N–C) groups is 1. The highest BCUT2D eigenvalue weighted by atomic mass is 16.3. The average Bonchev–Trinajstić information content (AvgIpc) is 3.19. The molecule has 1 aromatic heterocycles. The van der Waals surface area contributed by atoms with Gasteiger partial charge >= 0.3 is 0 Å². The van der Waals surface area contributed by atoms with Crippen molar-refractivity contribution in [3.05, 3.63) is 23.8 Å². The molecular formula is C18H24N6O2. The van der Waals surface area contributed by atoms with Crippen molar-refractivity contribution in [2.24, 2.45) is 10.9 Å². The van der Waals surface area contributed by atoms with Crippen LogP contribution in [0.15, 0.2) is 23.2 Å². The fourth-order valence-electron chi connectivity index (χ4n) is 3.72. The van der Waals surface area contributed by atoms with Crippen molar-refractivity contribution < 1.29 is 10.2 Å². The van der Waals surface area contributed by atoms with Crippen molar-refractivity contribution >= 4 is 17.6 Å². The maximum absolute atomic E-state index is 9.59. The molecule has 1 aliphatic carbocycles. The summed E-state index contributed by atoms with van der Waals surface area (Å²) in [5.41, 5.74) is 2.17. The SMILES string of the molecule is CCNc1nc2n(n1)CC1CCC(NCCc3ccc(O)c(O)c3)C1=N2. The number of phenolic OH excluding ortho intramolecular Hbond substituents is 2. The minimum atomic E-state index is -0.0852. The second-order valence-electron chi connectivity index (χ2n) is 6.84. The van der Waals surface area contributed by atoms with Gasteiger partial charge in [-0.25, -0.2) is 9.67 Å². The van der Waals surface area contributed by atoms with Gasteiger partial charge in [-0.2, -0.15) is 4.98 Å². The predicted octanol–water partition coefficient (Wildman–Crippen LogP) is 1.82. The van der Waals surface area contributed by atoms with Crippen LogP contribution in [0.2, 0.25) is 0 Å². The van der Waals surface area contributed by atoms with Gasteiger partial charge in [-0.05, 0) is 50.4 Å². The lowest BCUT2D eigenvalue weighted by Crippen LogP contribution is -2.37. The number of aromatic hydroxyl groups is 2. The van der Waals surface area contributed by atoms with Crippen LogP contribution in [0.5, 0.6) is 11.5 Å². The Kier molecular flexibility index (Phi) is 4.50. The minimum Gasteiger partial charge on any atom is -0.504 e. The van der Waals surface area contributed by atoms with Gasteiger partial charge in [0.05, 0.1) is 6.54 Å². The molecule has 8 heteroatoms. The van der Waals surface area contributed by atoms with Gasteiger partial charge in [-0.3, -0.25) is 0 Å². The fourth-order valence-corrected chi connectivity index (χ4v) is 3.72. The number of hydrogen-bond acceptors (Lipinski definition) is 7. The van der Waals surface area contributed by atoms with E-state index in [0.717, 1.165) is 44.5 Å². The lowest BCUT2D eigenvalue weighted by molar-refractivity contribution is 0.403. The van der Waals surface area contributed by atoms with Crippen molar-refractivity contribution in [3.8, 4) is 11.5 Å². The summed E-state index contributed by atoms with van der Waals surface area (Å²) in [5.74, 6) is 1.59.